The number of rotatable bonds is 4. The van der Waals surface area contributed by atoms with Crippen LogP contribution in [0, 0.1) is 34.3 Å². The number of benzene rings is 1. The first-order valence-corrected chi connectivity index (χ1v) is 5.77. The first-order chi connectivity index (χ1) is 8.88. The molecule has 1 amide bonds. The Morgan fingerprint density at radius 1 is 1.58 bits per heavy atom. The summed E-state index contributed by atoms with van der Waals surface area (Å²) in [5.74, 6) is -0.601. The lowest BCUT2D eigenvalue weighted by molar-refractivity contribution is -0.385. The molecule has 6 heteroatoms. The Balaban J connectivity index is 3.04. The zero-order chi connectivity index (χ0) is 14.6. The highest BCUT2D eigenvalue weighted by Gasteiger charge is 2.21. The number of nitro benzene ring substituents is 1. The molecular weight excluding hydrogens is 246 g/mol. The van der Waals surface area contributed by atoms with Gasteiger partial charge in [-0.3, -0.25) is 14.9 Å². The summed E-state index contributed by atoms with van der Waals surface area (Å²) in [6, 6.07) is 6.45. The highest BCUT2D eigenvalue weighted by molar-refractivity contribution is 5.96. The Kier molecular flexibility index (Phi) is 4.59. The minimum absolute atomic E-state index is 0.0763. The van der Waals surface area contributed by atoms with Crippen molar-refractivity contribution in [2.45, 2.75) is 13.8 Å². The Morgan fingerprint density at radius 2 is 2.21 bits per heavy atom. The van der Waals surface area contributed by atoms with Crippen LogP contribution < -0.4 is 0 Å². The molecule has 1 atom stereocenters. The summed E-state index contributed by atoms with van der Waals surface area (Å²) in [4.78, 5) is 23.9. The van der Waals surface area contributed by atoms with Crippen LogP contribution in [-0.2, 0) is 0 Å². The third kappa shape index (κ3) is 3.28. The Hall–Kier alpha value is -2.42. The fourth-order valence-electron chi connectivity index (χ4n) is 1.79. The van der Waals surface area contributed by atoms with Crippen molar-refractivity contribution in [3.8, 4) is 6.07 Å². The van der Waals surface area contributed by atoms with E-state index in [1.165, 1.54) is 17.0 Å². The third-order valence-corrected chi connectivity index (χ3v) is 2.85. The van der Waals surface area contributed by atoms with Gasteiger partial charge in [0.1, 0.15) is 0 Å². The van der Waals surface area contributed by atoms with Gasteiger partial charge in [-0.15, -0.1) is 0 Å². The molecule has 0 aliphatic heterocycles. The van der Waals surface area contributed by atoms with Gasteiger partial charge in [0.25, 0.3) is 11.6 Å². The highest BCUT2D eigenvalue weighted by Crippen LogP contribution is 2.22. The van der Waals surface area contributed by atoms with Crippen molar-refractivity contribution >= 4 is 11.6 Å². The van der Waals surface area contributed by atoms with E-state index in [1.54, 1.807) is 27.0 Å². The first-order valence-electron chi connectivity index (χ1n) is 5.77. The maximum absolute atomic E-state index is 12.2. The van der Waals surface area contributed by atoms with Crippen molar-refractivity contribution in [3.05, 3.63) is 39.4 Å². The van der Waals surface area contributed by atoms with E-state index < -0.39 is 4.92 Å². The molecule has 0 aliphatic carbocycles. The fourth-order valence-corrected chi connectivity index (χ4v) is 1.79. The second-order valence-electron chi connectivity index (χ2n) is 4.42. The van der Waals surface area contributed by atoms with Crippen LogP contribution in [0.4, 0.5) is 5.69 Å². The average Bonchev–Trinajstić information content (AvgIpc) is 2.37. The van der Waals surface area contributed by atoms with Crippen molar-refractivity contribution in [3.63, 3.8) is 0 Å². The molecule has 1 aromatic rings. The molecule has 0 saturated heterocycles. The SMILES string of the molecule is Cc1c(C(=O)N(C)CC(C)C#N)cccc1[N+](=O)[O-]. The third-order valence-electron chi connectivity index (χ3n) is 2.85. The number of nitrogens with zero attached hydrogens (tertiary/aromatic N) is 3. The lowest BCUT2D eigenvalue weighted by atomic mass is 10.1. The molecule has 0 radical (unpaired) electrons. The highest BCUT2D eigenvalue weighted by atomic mass is 16.6. The molecule has 0 heterocycles. The van der Waals surface area contributed by atoms with Gasteiger partial charge in [0.05, 0.1) is 16.9 Å². The standard InChI is InChI=1S/C13H15N3O3/c1-9(7-14)8-15(3)13(17)11-5-4-6-12(10(11)2)16(18)19/h4-6,9H,8H2,1-3H3. The lowest BCUT2D eigenvalue weighted by Gasteiger charge is -2.19. The lowest BCUT2D eigenvalue weighted by Crippen LogP contribution is -2.31. The summed E-state index contributed by atoms with van der Waals surface area (Å²) in [6.07, 6.45) is 0. The molecule has 19 heavy (non-hydrogen) atoms. The predicted molar refractivity (Wildman–Crippen MR) is 69.6 cm³/mol. The summed E-state index contributed by atoms with van der Waals surface area (Å²) in [5.41, 5.74) is 0.559. The minimum atomic E-state index is -0.510. The maximum atomic E-state index is 12.2. The zero-order valence-electron chi connectivity index (χ0n) is 11.1. The number of carbonyl (C=O) groups is 1. The van der Waals surface area contributed by atoms with Crippen molar-refractivity contribution in [1.29, 1.82) is 5.26 Å². The van der Waals surface area contributed by atoms with Gasteiger partial charge < -0.3 is 4.90 Å². The molecule has 1 unspecified atom stereocenters. The van der Waals surface area contributed by atoms with Crippen LogP contribution in [-0.4, -0.2) is 29.3 Å². The fraction of sp³-hybridized carbons (Fsp3) is 0.385. The van der Waals surface area contributed by atoms with Crippen LogP contribution in [0.5, 0.6) is 0 Å². The summed E-state index contributed by atoms with van der Waals surface area (Å²) in [6.45, 7) is 3.55. The number of carbonyl (C=O) groups excluding carboxylic acids is 1. The van der Waals surface area contributed by atoms with E-state index in [1.807, 2.05) is 6.07 Å². The topological polar surface area (TPSA) is 87.2 Å². The van der Waals surface area contributed by atoms with Crippen LogP contribution in [0.1, 0.15) is 22.8 Å². The van der Waals surface area contributed by atoms with Crippen molar-refractivity contribution in [1.82, 2.24) is 4.90 Å². The quantitative estimate of drug-likeness (QED) is 0.613. The molecule has 0 spiro atoms. The van der Waals surface area contributed by atoms with Gasteiger partial charge in [-0.2, -0.15) is 5.26 Å². The molecule has 0 aliphatic rings. The Labute approximate surface area is 111 Å². The molecule has 6 nitrogen and oxygen atoms in total. The van der Waals surface area contributed by atoms with E-state index >= 15 is 0 Å². The van der Waals surface area contributed by atoms with Crippen molar-refractivity contribution in [2.75, 3.05) is 13.6 Å². The van der Waals surface area contributed by atoms with Gasteiger partial charge in [-0.25, -0.2) is 0 Å². The molecular formula is C13H15N3O3. The van der Waals surface area contributed by atoms with Crippen molar-refractivity contribution < 1.29 is 9.72 Å². The van der Waals surface area contributed by atoms with Crippen LogP contribution in [0.2, 0.25) is 0 Å². The van der Waals surface area contributed by atoms with Gasteiger partial charge in [0.2, 0.25) is 0 Å². The summed E-state index contributed by atoms with van der Waals surface area (Å²) >= 11 is 0. The number of hydrogen-bond acceptors (Lipinski definition) is 4. The largest absolute Gasteiger partial charge is 0.340 e. The maximum Gasteiger partial charge on any atom is 0.273 e. The Morgan fingerprint density at radius 3 is 2.74 bits per heavy atom. The number of nitriles is 1. The summed E-state index contributed by atoms with van der Waals surface area (Å²) in [5, 5.41) is 19.6. The van der Waals surface area contributed by atoms with Crippen LogP contribution in [0.25, 0.3) is 0 Å². The minimum Gasteiger partial charge on any atom is -0.340 e. The van der Waals surface area contributed by atoms with Gasteiger partial charge in [-0.05, 0) is 19.9 Å². The van der Waals surface area contributed by atoms with E-state index in [4.69, 9.17) is 5.26 Å². The Bertz CT molecular complexity index is 549. The van der Waals surface area contributed by atoms with E-state index in [0.717, 1.165) is 0 Å². The molecule has 0 fully saturated rings. The number of amides is 1. The second-order valence-corrected chi connectivity index (χ2v) is 4.42. The van der Waals surface area contributed by atoms with E-state index in [2.05, 4.69) is 0 Å². The van der Waals surface area contributed by atoms with Gasteiger partial charge in [0.15, 0.2) is 0 Å². The van der Waals surface area contributed by atoms with Crippen LogP contribution >= 0.6 is 0 Å². The molecule has 0 N–H and O–H groups in total. The second kappa shape index (κ2) is 5.96. The van der Waals surface area contributed by atoms with E-state index in [9.17, 15) is 14.9 Å². The van der Waals surface area contributed by atoms with Gasteiger partial charge in [-0.1, -0.05) is 6.07 Å². The summed E-state index contributed by atoms with van der Waals surface area (Å²) in [7, 11) is 1.58. The predicted octanol–water partition coefficient (Wildman–Crippen LogP) is 2.13. The number of nitro groups is 1. The number of hydrogen-bond donors (Lipinski definition) is 0. The average molecular weight is 261 g/mol. The summed E-state index contributed by atoms with van der Waals surface area (Å²) < 4.78 is 0. The monoisotopic (exact) mass is 261 g/mol. The van der Waals surface area contributed by atoms with Crippen LogP contribution in [0.3, 0.4) is 0 Å². The normalized spacial score (nSPS) is 11.5. The molecule has 0 saturated carbocycles. The van der Waals surface area contributed by atoms with E-state index in [-0.39, 0.29) is 24.1 Å². The first kappa shape index (κ1) is 14.6. The van der Waals surface area contributed by atoms with Gasteiger partial charge in [0, 0.05) is 30.8 Å². The van der Waals surface area contributed by atoms with Gasteiger partial charge >= 0.3 is 0 Å². The smallest absolute Gasteiger partial charge is 0.273 e. The molecule has 0 aromatic heterocycles. The molecule has 0 bridgehead atoms. The van der Waals surface area contributed by atoms with Crippen molar-refractivity contribution in [2.24, 2.45) is 5.92 Å². The molecule has 1 aromatic carbocycles. The van der Waals surface area contributed by atoms with Crippen LogP contribution in [0.15, 0.2) is 18.2 Å². The van der Waals surface area contributed by atoms with E-state index in [0.29, 0.717) is 11.1 Å². The molecule has 1 rings (SSSR count). The molecule has 100 valence electrons. The zero-order valence-corrected chi connectivity index (χ0v) is 11.1.